The fourth-order valence-electron chi connectivity index (χ4n) is 2.52. The first kappa shape index (κ1) is 17.2. The van der Waals surface area contributed by atoms with Crippen LogP contribution in [0.25, 0.3) is 0 Å². The largest absolute Gasteiger partial charge is 0.329 e. The van der Waals surface area contributed by atoms with E-state index < -0.39 is 6.03 Å². The Balaban J connectivity index is 1.68. The Hall–Kier alpha value is -2.67. The molecule has 1 heterocycles. The minimum atomic E-state index is -0.391. The van der Waals surface area contributed by atoms with Crippen molar-refractivity contribution in [2.24, 2.45) is 0 Å². The van der Waals surface area contributed by atoms with Gasteiger partial charge in [0.2, 0.25) is 5.91 Å². The van der Waals surface area contributed by atoms with Crippen LogP contribution < -0.4 is 10.6 Å². The number of amides is 4. The Bertz CT molecular complexity index is 833. The number of rotatable bonds is 4. The fraction of sp³-hybridized carbons (Fsp3) is 0.167. The molecule has 0 saturated carbocycles. The molecule has 3 rings (SSSR count). The van der Waals surface area contributed by atoms with Crippen molar-refractivity contribution in [3.05, 3.63) is 63.6 Å². The number of carbonyl (C=O) groups is 3. The standard InChI is InChI=1S/C18H16BrN3O3/c1-11-8-14(19)6-7-15(11)21-17(24)13-4-2-12(3-5-13)10-22-16(23)9-20-18(22)25/h2-8H,9-10H2,1H3,(H,20,25)(H,21,24). The Morgan fingerprint density at radius 2 is 1.92 bits per heavy atom. The van der Waals surface area contributed by atoms with E-state index in [9.17, 15) is 14.4 Å². The Kier molecular flexibility index (Phi) is 4.85. The van der Waals surface area contributed by atoms with Crippen LogP contribution in [-0.2, 0) is 11.3 Å². The number of hydrogen-bond donors (Lipinski definition) is 2. The molecule has 2 N–H and O–H groups in total. The summed E-state index contributed by atoms with van der Waals surface area (Å²) < 4.78 is 0.952. The van der Waals surface area contributed by atoms with Crippen LogP contribution in [0.15, 0.2) is 46.9 Å². The number of anilines is 1. The lowest BCUT2D eigenvalue weighted by Gasteiger charge is -2.13. The molecule has 0 radical (unpaired) electrons. The number of aryl methyl sites for hydroxylation is 1. The summed E-state index contributed by atoms with van der Waals surface area (Å²) in [6, 6.07) is 12.1. The minimum Gasteiger partial charge on any atom is -0.329 e. The van der Waals surface area contributed by atoms with Crippen LogP contribution in [0.3, 0.4) is 0 Å². The van der Waals surface area contributed by atoms with Crippen LogP contribution in [0.1, 0.15) is 21.5 Å². The van der Waals surface area contributed by atoms with Gasteiger partial charge in [-0.25, -0.2) is 4.79 Å². The van der Waals surface area contributed by atoms with Gasteiger partial charge in [-0.15, -0.1) is 0 Å². The van der Waals surface area contributed by atoms with Gasteiger partial charge in [0.1, 0.15) is 0 Å². The van der Waals surface area contributed by atoms with E-state index >= 15 is 0 Å². The monoisotopic (exact) mass is 401 g/mol. The molecular formula is C18H16BrN3O3. The fourth-order valence-corrected chi connectivity index (χ4v) is 3.00. The van der Waals surface area contributed by atoms with Crippen LogP contribution in [-0.4, -0.2) is 29.3 Å². The average molecular weight is 402 g/mol. The van der Waals surface area contributed by atoms with Gasteiger partial charge in [0, 0.05) is 15.7 Å². The molecule has 0 aromatic heterocycles. The zero-order chi connectivity index (χ0) is 18.0. The summed E-state index contributed by atoms with van der Waals surface area (Å²) in [5.74, 6) is -0.468. The second-order valence-corrected chi connectivity index (χ2v) is 6.66. The van der Waals surface area contributed by atoms with E-state index in [1.807, 2.05) is 25.1 Å². The highest BCUT2D eigenvalue weighted by molar-refractivity contribution is 9.10. The number of nitrogens with zero attached hydrogens (tertiary/aromatic N) is 1. The SMILES string of the molecule is Cc1cc(Br)ccc1NC(=O)c1ccc(CN2C(=O)CNC2=O)cc1. The molecule has 7 heteroatoms. The summed E-state index contributed by atoms with van der Waals surface area (Å²) in [6.07, 6.45) is 0. The lowest BCUT2D eigenvalue weighted by Crippen LogP contribution is -2.30. The van der Waals surface area contributed by atoms with Crippen molar-refractivity contribution in [2.75, 3.05) is 11.9 Å². The van der Waals surface area contributed by atoms with Gasteiger partial charge < -0.3 is 10.6 Å². The molecule has 4 amide bonds. The lowest BCUT2D eigenvalue weighted by atomic mass is 10.1. The second-order valence-electron chi connectivity index (χ2n) is 5.75. The molecule has 2 aromatic carbocycles. The molecule has 25 heavy (non-hydrogen) atoms. The quantitative estimate of drug-likeness (QED) is 0.772. The smallest absolute Gasteiger partial charge is 0.324 e. The van der Waals surface area contributed by atoms with Gasteiger partial charge >= 0.3 is 6.03 Å². The van der Waals surface area contributed by atoms with Crippen molar-refractivity contribution in [1.82, 2.24) is 10.2 Å². The van der Waals surface area contributed by atoms with Gasteiger partial charge in [0.25, 0.3) is 5.91 Å². The van der Waals surface area contributed by atoms with E-state index in [2.05, 4.69) is 26.6 Å². The van der Waals surface area contributed by atoms with Crippen LogP contribution in [0.5, 0.6) is 0 Å². The number of benzene rings is 2. The van der Waals surface area contributed by atoms with Crippen molar-refractivity contribution in [3.8, 4) is 0 Å². The molecule has 6 nitrogen and oxygen atoms in total. The van der Waals surface area contributed by atoms with Gasteiger partial charge in [-0.1, -0.05) is 28.1 Å². The first-order valence-electron chi connectivity index (χ1n) is 7.68. The van der Waals surface area contributed by atoms with Crippen LogP contribution in [0.4, 0.5) is 10.5 Å². The zero-order valence-corrected chi connectivity index (χ0v) is 15.1. The first-order chi connectivity index (χ1) is 11.9. The molecule has 128 valence electrons. The predicted octanol–water partition coefficient (Wildman–Crippen LogP) is 3.06. The molecule has 0 aliphatic carbocycles. The van der Waals surface area contributed by atoms with Crippen LogP contribution >= 0.6 is 15.9 Å². The van der Waals surface area contributed by atoms with E-state index in [1.165, 1.54) is 0 Å². The van der Waals surface area contributed by atoms with Crippen molar-refractivity contribution < 1.29 is 14.4 Å². The maximum absolute atomic E-state index is 12.4. The number of imide groups is 1. The van der Waals surface area contributed by atoms with Gasteiger partial charge in [-0.2, -0.15) is 0 Å². The molecule has 0 atom stereocenters. The van der Waals surface area contributed by atoms with Crippen LogP contribution in [0.2, 0.25) is 0 Å². The Morgan fingerprint density at radius 1 is 1.20 bits per heavy atom. The zero-order valence-electron chi connectivity index (χ0n) is 13.5. The molecule has 1 aliphatic heterocycles. The Morgan fingerprint density at radius 3 is 2.52 bits per heavy atom. The van der Waals surface area contributed by atoms with Crippen molar-refractivity contribution in [3.63, 3.8) is 0 Å². The molecule has 1 fully saturated rings. The molecule has 0 spiro atoms. The number of nitrogens with one attached hydrogen (secondary N) is 2. The first-order valence-corrected chi connectivity index (χ1v) is 8.48. The van der Waals surface area contributed by atoms with E-state index in [1.54, 1.807) is 24.3 Å². The normalized spacial score (nSPS) is 13.8. The van der Waals surface area contributed by atoms with E-state index in [0.717, 1.165) is 26.2 Å². The maximum Gasteiger partial charge on any atom is 0.324 e. The third kappa shape index (κ3) is 3.88. The molecule has 1 aliphatic rings. The lowest BCUT2D eigenvalue weighted by molar-refractivity contribution is -0.125. The summed E-state index contributed by atoms with van der Waals surface area (Å²) >= 11 is 3.39. The van der Waals surface area contributed by atoms with Gasteiger partial charge in [0.15, 0.2) is 0 Å². The third-order valence-corrected chi connectivity index (χ3v) is 4.42. The predicted molar refractivity (Wildman–Crippen MR) is 97.2 cm³/mol. The average Bonchev–Trinajstić information content (AvgIpc) is 2.90. The number of hydrogen-bond acceptors (Lipinski definition) is 3. The van der Waals surface area contributed by atoms with Gasteiger partial charge in [0.05, 0.1) is 13.1 Å². The molecule has 2 aromatic rings. The summed E-state index contributed by atoms with van der Waals surface area (Å²) in [7, 11) is 0. The van der Waals surface area contributed by atoms with Crippen molar-refractivity contribution >= 4 is 39.5 Å². The number of halogens is 1. The van der Waals surface area contributed by atoms with Gasteiger partial charge in [-0.3, -0.25) is 14.5 Å². The van der Waals surface area contributed by atoms with E-state index in [4.69, 9.17) is 0 Å². The number of urea groups is 1. The van der Waals surface area contributed by atoms with Crippen molar-refractivity contribution in [2.45, 2.75) is 13.5 Å². The van der Waals surface area contributed by atoms with Crippen LogP contribution in [0, 0.1) is 6.92 Å². The van der Waals surface area contributed by atoms with E-state index in [-0.39, 0.29) is 24.9 Å². The minimum absolute atomic E-state index is 0.0336. The molecule has 1 saturated heterocycles. The Labute approximate surface area is 153 Å². The second kappa shape index (κ2) is 7.06. The maximum atomic E-state index is 12.4. The summed E-state index contributed by atoms with van der Waals surface area (Å²) in [6.45, 7) is 2.14. The van der Waals surface area contributed by atoms with Gasteiger partial charge in [-0.05, 0) is 48.4 Å². The molecular weight excluding hydrogens is 386 g/mol. The summed E-state index contributed by atoms with van der Waals surface area (Å²) in [4.78, 5) is 36.7. The summed E-state index contributed by atoms with van der Waals surface area (Å²) in [5, 5.41) is 5.35. The molecule has 0 bridgehead atoms. The number of carbonyl (C=O) groups excluding carboxylic acids is 3. The molecule has 0 unspecified atom stereocenters. The summed E-state index contributed by atoms with van der Waals surface area (Å²) in [5.41, 5.74) is 2.99. The third-order valence-electron chi connectivity index (χ3n) is 3.93. The topological polar surface area (TPSA) is 78.5 Å². The highest BCUT2D eigenvalue weighted by Crippen LogP contribution is 2.21. The highest BCUT2D eigenvalue weighted by atomic mass is 79.9. The van der Waals surface area contributed by atoms with Crippen molar-refractivity contribution in [1.29, 1.82) is 0 Å². The highest BCUT2D eigenvalue weighted by Gasteiger charge is 2.28. The van der Waals surface area contributed by atoms with E-state index in [0.29, 0.717) is 5.56 Å².